The maximum Gasteiger partial charge on any atom is 0.119 e. The van der Waals surface area contributed by atoms with E-state index in [-0.39, 0.29) is 5.92 Å². The first-order valence-electron chi connectivity index (χ1n) is 6.51. The monoisotopic (exact) mass is 244 g/mol. The van der Waals surface area contributed by atoms with E-state index < -0.39 is 0 Å². The highest BCUT2D eigenvalue weighted by Crippen LogP contribution is 2.29. The summed E-state index contributed by atoms with van der Waals surface area (Å²) in [6.45, 7) is 0. The van der Waals surface area contributed by atoms with Crippen molar-refractivity contribution in [1.29, 1.82) is 5.26 Å². The quantitative estimate of drug-likeness (QED) is 0.819. The van der Waals surface area contributed by atoms with E-state index in [4.69, 9.17) is 10.00 Å². The first-order valence-corrected chi connectivity index (χ1v) is 6.51. The third-order valence-electron chi connectivity index (χ3n) is 3.91. The minimum atomic E-state index is 0.269. The van der Waals surface area contributed by atoms with Gasteiger partial charge in [-0.3, -0.25) is 0 Å². The fraction of sp³-hybridized carbons (Fsp3) is 0.533. The Labute approximate surface area is 109 Å². The molecule has 18 heavy (non-hydrogen) atoms. The van der Waals surface area contributed by atoms with Crippen LogP contribution in [0.3, 0.4) is 0 Å². The molecule has 0 N–H and O–H groups in total. The molecule has 1 aliphatic carbocycles. The van der Waals surface area contributed by atoms with Crippen molar-refractivity contribution in [2.24, 2.45) is 5.92 Å². The van der Waals surface area contributed by atoms with Crippen molar-refractivity contribution in [3.63, 3.8) is 0 Å². The van der Waals surface area contributed by atoms with Crippen molar-refractivity contribution in [3.8, 4) is 11.8 Å². The Morgan fingerprint density at radius 1 is 1.17 bits per heavy atom. The molecule has 0 aromatic heterocycles. The van der Waals surface area contributed by atoms with Gasteiger partial charge < -0.3 is 9.64 Å². The Morgan fingerprint density at radius 3 is 2.28 bits per heavy atom. The summed E-state index contributed by atoms with van der Waals surface area (Å²) in [6.07, 6.45) is 4.28. The van der Waals surface area contributed by atoms with Crippen molar-refractivity contribution < 1.29 is 4.74 Å². The molecule has 96 valence electrons. The van der Waals surface area contributed by atoms with Crippen LogP contribution in [0.5, 0.6) is 5.75 Å². The van der Waals surface area contributed by atoms with Gasteiger partial charge in [-0.15, -0.1) is 0 Å². The molecule has 1 saturated carbocycles. The van der Waals surface area contributed by atoms with Crippen LogP contribution < -0.4 is 9.64 Å². The lowest BCUT2D eigenvalue weighted by molar-refractivity contribution is 0.372. The van der Waals surface area contributed by atoms with Gasteiger partial charge in [-0.1, -0.05) is 0 Å². The van der Waals surface area contributed by atoms with Gasteiger partial charge in [0.15, 0.2) is 0 Å². The van der Waals surface area contributed by atoms with Crippen molar-refractivity contribution in [2.75, 3.05) is 19.1 Å². The van der Waals surface area contributed by atoms with Gasteiger partial charge in [0.25, 0.3) is 0 Å². The molecule has 0 radical (unpaired) electrons. The molecule has 0 amide bonds. The molecule has 1 fully saturated rings. The number of rotatable bonds is 3. The predicted molar refractivity (Wildman–Crippen MR) is 72.8 cm³/mol. The van der Waals surface area contributed by atoms with Crippen LogP contribution >= 0.6 is 0 Å². The molecule has 3 nitrogen and oxygen atoms in total. The Bertz CT molecular complexity index is 413. The van der Waals surface area contributed by atoms with Crippen LogP contribution in [-0.2, 0) is 0 Å². The molecule has 0 aliphatic heterocycles. The van der Waals surface area contributed by atoms with Crippen molar-refractivity contribution in [1.82, 2.24) is 0 Å². The van der Waals surface area contributed by atoms with Crippen molar-refractivity contribution >= 4 is 5.69 Å². The SMILES string of the molecule is COc1ccc(N(C)C2CCC(C#N)CC2)cc1. The standard InChI is InChI=1S/C15H20N2O/c1-17(13-5-3-12(11-16)4-6-13)14-7-9-15(18-2)10-8-14/h7-10,12-13H,3-6H2,1-2H3. The molecule has 0 heterocycles. The van der Waals surface area contributed by atoms with Crippen LogP contribution in [0.2, 0.25) is 0 Å². The first kappa shape index (κ1) is 12.8. The van der Waals surface area contributed by atoms with Gasteiger partial charge in [0.1, 0.15) is 5.75 Å². The lowest BCUT2D eigenvalue weighted by atomic mass is 9.86. The van der Waals surface area contributed by atoms with E-state index in [0.717, 1.165) is 31.4 Å². The third kappa shape index (κ3) is 2.76. The number of hydrogen-bond acceptors (Lipinski definition) is 3. The molecule has 0 atom stereocenters. The van der Waals surface area contributed by atoms with Gasteiger partial charge in [0.05, 0.1) is 13.2 Å². The highest BCUT2D eigenvalue weighted by atomic mass is 16.5. The number of benzene rings is 1. The normalized spacial score (nSPS) is 23.2. The Balaban J connectivity index is 1.98. The van der Waals surface area contributed by atoms with Gasteiger partial charge in [-0.05, 0) is 49.9 Å². The highest BCUT2D eigenvalue weighted by molar-refractivity contribution is 5.49. The lowest BCUT2D eigenvalue weighted by Crippen LogP contribution is -2.34. The number of ether oxygens (including phenoxy) is 1. The third-order valence-corrected chi connectivity index (χ3v) is 3.91. The largest absolute Gasteiger partial charge is 0.497 e. The molecule has 2 rings (SSSR count). The Kier molecular flexibility index (Phi) is 4.09. The van der Waals surface area contributed by atoms with Gasteiger partial charge in [-0.2, -0.15) is 5.26 Å². The van der Waals surface area contributed by atoms with Crippen molar-refractivity contribution in [3.05, 3.63) is 24.3 Å². The molecule has 1 aromatic rings. The van der Waals surface area contributed by atoms with E-state index in [0.29, 0.717) is 6.04 Å². The molecule has 0 unspecified atom stereocenters. The maximum atomic E-state index is 8.91. The summed E-state index contributed by atoms with van der Waals surface area (Å²) in [5.74, 6) is 1.16. The number of hydrogen-bond donors (Lipinski definition) is 0. The van der Waals surface area contributed by atoms with Gasteiger partial charge >= 0.3 is 0 Å². The van der Waals surface area contributed by atoms with E-state index in [1.54, 1.807) is 7.11 Å². The van der Waals surface area contributed by atoms with E-state index in [2.05, 4.69) is 30.1 Å². The van der Waals surface area contributed by atoms with Crippen LogP contribution in [0.4, 0.5) is 5.69 Å². The van der Waals surface area contributed by atoms with Crippen LogP contribution in [-0.4, -0.2) is 20.2 Å². The molecule has 3 heteroatoms. The summed E-state index contributed by atoms with van der Waals surface area (Å²) < 4.78 is 5.17. The maximum absolute atomic E-state index is 8.91. The summed E-state index contributed by atoms with van der Waals surface area (Å²) in [5, 5.41) is 8.91. The molecular weight excluding hydrogens is 224 g/mol. The van der Waals surface area contributed by atoms with Crippen LogP contribution in [0.15, 0.2) is 24.3 Å². The Morgan fingerprint density at radius 2 is 1.78 bits per heavy atom. The van der Waals surface area contributed by atoms with E-state index >= 15 is 0 Å². The van der Waals surface area contributed by atoms with E-state index in [9.17, 15) is 0 Å². The summed E-state index contributed by atoms with van der Waals surface area (Å²) in [6, 6.07) is 11.1. The summed E-state index contributed by atoms with van der Waals surface area (Å²) in [7, 11) is 3.82. The van der Waals surface area contributed by atoms with Crippen molar-refractivity contribution in [2.45, 2.75) is 31.7 Å². The number of nitrogens with zero attached hydrogens (tertiary/aromatic N) is 2. The van der Waals surface area contributed by atoms with Gasteiger partial charge in [0.2, 0.25) is 0 Å². The minimum absolute atomic E-state index is 0.269. The Hall–Kier alpha value is -1.69. The molecular formula is C15H20N2O. The smallest absolute Gasteiger partial charge is 0.119 e. The highest BCUT2D eigenvalue weighted by Gasteiger charge is 2.23. The minimum Gasteiger partial charge on any atom is -0.497 e. The second-order valence-electron chi connectivity index (χ2n) is 4.94. The zero-order valence-electron chi connectivity index (χ0n) is 11.1. The summed E-state index contributed by atoms with van der Waals surface area (Å²) in [4.78, 5) is 2.33. The lowest BCUT2D eigenvalue weighted by Gasteiger charge is -2.34. The summed E-state index contributed by atoms with van der Waals surface area (Å²) in [5.41, 5.74) is 1.22. The first-order chi connectivity index (χ1) is 8.74. The zero-order valence-corrected chi connectivity index (χ0v) is 11.1. The molecule has 1 aliphatic rings. The molecule has 0 saturated heterocycles. The molecule has 0 bridgehead atoms. The number of nitriles is 1. The molecule has 0 spiro atoms. The molecule has 1 aromatic carbocycles. The average molecular weight is 244 g/mol. The van der Waals surface area contributed by atoms with Gasteiger partial charge in [-0.25, -0.2) is 0 Å². The average Bonchev–Trinajstić information content (AvgIpc) is 2.47. The van der Waals surface area contributed by atoms with Crippen LogP contribution in [0.25, 0.3) is 0 Å². The number of methoxy groups -OCH3 is 1. The topological polar surface area (TPSA) is 36.3 Å². The summed E-state index contributed by atoms with van der Waals surface area (Å²) >= 11 is 0. The fourth-order valence-corrected chi connectivity index (χ4v) is 2.62. The second kappa shape index (κ2) is 5.77. The van der Waals surface area contributed by atoms with Crippen LogP contribution in [0, 0.1) is 17.2 Å². The second-order valence-corrected chi connectivity index (χ2v) is 4.94. The predicted octanol–water partition coefficient (Wildman–Crippen LogP) is 3.21. The number of anilines is 1. The van der Waals surface area contributed by atoms with E-state index in [1.807, 2.05) is 12.1 Å². The zero-order chi connectivity index (χ0) is 13.0. The fourth-order valence-electron chi connectivity index (χ4n) is 2.62. The van der Waals surface area contributed by atoms with E-state index in [1.165, 1.54) is 5.69 Å². The van der Waals surface area contributed by atoms with Gasteiger partial charge in [0, 0.05) is 24.7 Å². The van der Waals surface area contributed by atoms with Crippen LogP contribution in [0.1, 0.15) is 25.7 Å².